The van der Waals surface area contributed by atoms with E-state index in [1.54, 1.807) is 0 Å². The van der Waals surface area contributed by atoms with Crippen LogP contribution in [0.2, 0.25) is 0 Å². The zero-order chi connectivity index (χ0) is 26.6. The molecule has 4 aromatic rings. The first-order valence-electron chi connectivity index (χ1n) is 13.2. The molecular weight excluding hydrogens is 474 g/mol. The van der Waals surface area contributed by atoms with Gasteiger partial charge >= 0.3 is 0 Å². The smallest absolute Gasteiger partial charge is 0.161 e. The molecule has 1 fully saturated rings. The highest BCUT2D eigenvalue weighted by atomic mass is 15.3. The second kappa shape index (κ2) is 11.3. The standard InChI is InChI=1S/C29H37N9/c1-6-20(9-8-14-36(3)4)19-21(7-2)22-10-11-24-25(31-22)27(35-34-24)28-32-23-12-13-30-29(26(23)33-28)38-17-15-37(5)16-18-38/h6-7,10-13,19H,1,8-9,14-18H2,2-5H3,(H,32,33)(H,34,35)/b20-19+,21-7+. The van der Waals surface area contributed by atoms with Gasteiger partial charge in [0.15, 0.2) is 17.3 Å². The summed E-state index contributed by atoms with van der Waals surface area (Å²) in [6.07, 6.45) is 10.1. The van der Waals surface area contributed by atoms with Gasteiger partial charge in [0.25, 0.3) is 0 Å². The molecule has 9 nitrogen and oxygen atoms in total. The zero-order valence-corrected chi connectivity index (χ0v) is 22.8. The molecule has 0 aliphatic carbocycles. The summed E-state index contributed by atoms with van der Waals surface area (Å²) >= 11 is 0. The van der Waals surface area contributed by atoms with E-state index in [9.17, 15) is 0 Å². The van der Waals surface area contributed by atoms with Crippen molar-refractivity contribution in [3.63, 3.8) is 0 Å². The monoisotopic (exact) mass is 511 g/mol. The van der Waals surface area contributed by atoms with Gasteiger partial charge in [0.1, 0.15) is 11.0 Å². The SMILES string of the molecule is C=C/C(=C\C(=C/C)c1ccc2[nH]nc(-c3nc4c(N5CCN(C)CC5)nccc4[nH]3)c2n1)CCCN(C)C. The molecule has 0 unspecified atom stereocenters. The molecule has 0 aromatic carbocycles. The van der Waals surface area contributed by atoms with Gasteiger partial charge in [-0.1, -0.05) is 18.7 Å². The molecule has 0 radical (unpaired) electrons. The van der Waals surface area contributed by atoms with E-state index in [1.165, 1.54) is 5.57 Å². The summed E-state index contributed by atoms with van der Waals surface area (Å²) in [6, 6.07) is 6.03. The molecule has 38 heavy (non-hydrogen) atoms. The Morgan fingerprint density at radius 3 is 2.63 bits per heavy atom. The Morgan fingerprint density at radius 1 is 1.08 bits per heavy atom. The van der Waals surface area contributed by atoms with Crippen molar-refractivity contribution in [1.29, 1.82) is 0 Å². The molecular formula is C29H37N9. The number of nitrogens with zero attached hydrogens (tertiary/aromatic N) is 7. The van der Waals surface area contributed by atoms with Crippen molar-refractivity contribution in [2.24, 2.45) is 0 Å². The normalized spacial score (nSPS) is 15.8. The number of nitrogens with one attached hydrogen (secondary N) is 2. The number of rotatable bonds is 9. The summed E-state index contributed by atoms with van der Waals surface area (Å²) in [5.74, 6) is 1.60. The van der Waals surface area contributed by atoms with Gasteiger partial charge in [-0.2, -0.15) is 5.10 Å². The van der Waals surface area contributed by atoms with Crippen LogP contribution in [0.1, 0.15) is 25.5 Å². The molecule has 0 spiro atoms. The summed E-state index contributed by atoms with van der Waals surface area (Å²) in [6.45, 7) is 11.0. The van der Waals surface area contributed by atoms with Gasteiger partial charge in [-0.15, -0.1) is 0 Å². The number of allylic oxidation sites excluding steroid dienone is 5. The van der Waals surface area contributed by atoms with Gasteiger partial charge in [-0.3, -0.25) is 5.10 Å². The molecule has 4 aromatic heterocycles. The van der Waals surface area contributed by atoms with E-state index in [2.05, 4.69) is 74.7 Å². The first-order valence-corrected chi connectivity index (χ1v) is 13.2. The number of H-pyrrole nitrogens is 2. The summed E-state index contributed by atoms with van der Waals surface area (Å²) in [5, 5.41) is 7.72. The van der Waals surface area contributed by atoms with E-state index >= 15 is 0 Å². The molecule has 0 atom stereocenters. The maximum absolute atomic E-state index is 5.03. The number of aromatic amines is 2. The Kier molecular flexibility index (Phi) is 7.67. The Balaban J connectivity index is 1.47. The topological polar surface area (TPSA) is 92.9 Å². The molecule has 0 amide bonds. The van der Waals surface area contributed by atoms with Crippen molar-refractivity contribution in [2.45, 2.75) is 19.8 Å². The molecule has 1 aliphatic heterocycles. The average molecular weight is 512 g/mol. The van der Waals surface area contributed by atoms with Crippen LogP contribution >= 0.6 is 0 Å². The van der Waals surface area contributed by atoms with E-state index in [1.807, 2.05) is 37.4 Å². The van der Waals surface area contributed by atoms with Crippen molar-refractivity contribution in [3.05, 3.63) is 60.5 Å². The minimum atomic E-state index is 0.687. The van der Waals surface area contributed by atoms with Crippen molar-refractivity contribution in [3.8, 4) is 11.5 Å². The molecule has 2 N–H and O–H groups in total. The van der Waals surface area contributed by atoms with Crippen molar-refractivity contribution < 1.29 is 0 Å². The minimum Gasteiger partial charge on any atom is -0.352 e. The number of hydrogen-bond acceptors (Lipinski definition) is 7. The Hall–Kier alpha value is -3.82. The van der Waals surface area contributed by atoms with Crippen LogP contribution in [-0.4, -0.2) is 93.8 Å². The molecule has 9 heteroatoms. The number of imidazole rings is 1. The fraction of sp³-hybridized carbons (Fsp3) is 0.379. The van der Waals surface area contributed by atoms with Crippen LogP contribution in [0.25, 0.3) is 39.2 Å². The lowest BCUT2D eigenvalue weighted by Gasteiger charge is -2.33. The highest BCUT2D eigenvalue weighted by Crippen LogP contribution is 2.30. The highest BCUT2D eigenvalue weighted by molar-refractivity contribution is 5.94. The minimum absolute atomic E-state index is 0.687. The van der Waals surface area contributed by atoms with E-state index in [4.69, 9.17) is 9.97 Å². The number of hydrogen-bond donors (Lipinski definition) is 2. The van der Waals surface area contributed by atoms with Gasteiger partial charge in [0.2, 0.25) is 0 Å². The Labute approximate surface area is 224 Å². The second-order valence-corrected chi connectivity index (χ2v) is 10.1. The quantitative estimate of drug-likeness (QED) is 0.320. The number of piperazine rings is 1. The fourth-order valence-corrected chi connectivity index (χ4v) is 4.85. The third kappa shape index (κ3) is 5.39. The van der Waals surface area contributed by atoms with Crippen LogP contribution in [0.3, 0.4) is 0 Å². The van der Waals surface area contributed by atoms with Gasteiger partial charge < -0.3 is 19.7 Å². The third-order valence-corrected chi connectivity index (χ3v) is 7.10. The first kappa shape index (κ1) is 25.8. The lowest BCUT2D eigenvalue weighted by atomic mass is 10.0. The summed E-state index contributed by atoms with van der Waals surface area (Å²) in [5.41, 5.74) is 7.33. The molecule has 1 aliphatic rings. The first-order chi connectivity index (χ1) is 18.5. The largest absolute Gasteiger partial charge is 0.352 e. The van der Waals surface area contributed by atoms with Gasteiger partial charge in [0.05, 0.1) is 16.7 Å². The lowest BCUT2D eigenvalue weighted by molar-refractivity contribution is 0.312. The maximum Gasteiger partial charge on any atom is 0.161 e. The predicted molar refractivity (Wildman–Crippen MR) is 156 cm³/mol. The maximum atomic E-state index is 5.03. The molecule has 5 rings (SSSR count). The molecule has 0 bridgehead atoms. The van der Waals surface area contributed by atoms with Gasteiger partial charge in [-0.25, -0.2) is 15.0 Å². The molecule has 5 heterocycles. The Bertz CT molecular complexity index is 1480. The predicted octanol–water partition coefficient (Wildman–Crippen LogP) is 4.51. The number of anilines is 1. The van der Waals surface area contributed by atoms with E-state index in [0.29, 0.717) is 11.5 Å². The number of likely N-dealkylation sites (N-methyl/N-ethyl adjacent to an activating group) is 1. The Morgan fingerprint density at radius 2 is 1.89 bits per heavy atom. The van der Waals surface area contributed by atoms with Gasteiger partial charge in [-0.05, 0) is 82.9 Å². The van der Waals surface area contributed by atoms with Crippen LogP contribution < -0.4 is 4.90 Å². The van der Waals surface area contributed by atoms with E-state index in [0.717, 1.165) is 84.7 Å². The summed E-state index contributed by atoms with van der Waals surface area (Å²) < 4.78 is 0. The summed E-state index contributed by atoms with van der Waals surface area (Å²) in [4.78, 5) is 25.0. The van der Waals surface area contributed by atoms with Crippen LogP contribution in [-0.2, 0) is 0 Å². The number of pyridine rings is 2. The van der Waals surface area contributed by atoms with Crippen LogP contribution in [0, 0.1) is 0 Å². The number of fused-ring (bicyclic) bond motifs is 2. The molecule has 198 valence electrons. The van der Waals surface area contributed by atoms with Gasteiger partial charge in [0, 0.05) is 32.4 Å². The van der Waals surface area contributed by atoms with Crippen LogP contribution in [0.4, 0.5) is 5.82 Å². The van der Waals surface area contributed by atoms with Crippen molar-refractivity contribution in [1.82, 2.24) is 39.9 Å². The van der Waals surface area contributed by atoms with Crippen LogP contribution in [0.5, 0.6) is 0 Å². The van der Waals surface area contributed by atoms with E-state index < -0.39 is 0 Å². The zero-order valence-electron chi connectivity index (χ0n) is 22.8. The van der Waals surface area contributed by atoms with Crippen molar-refractivity contribution in [2.75, 3.05) is 58.8 Å². The molecule has 1 saturated heterocycles. The average Bonchev–Trinajstić information content (AvgIpc) is 3.54. The van der Waals surface area contributed by atoms with Crippen molar-refractivity contribution >= 4 is 33.5 Å². The fourth-order valence-electron chi connectivity index (χ4n) is 4.85. The molecule has 0 saturated carbocycles. The van der Waals surface area contributed by atoms with Crippen LogP contribution in [0.15, 0.2) is 54.8 Å². The summed E-state index contributed by atoms with van der Waals surface area (Å²) in [7, 11) is 6.35. The third-order valence-electron chi connectivity index (χ3n) is 7.10. The number of aromatic nitrogens is 6. The second-order valence-electron chi connectivity index (χ2n) is 10.1. The lowest BCUT2D eigenvalue weighted by Crippen LogP contribution is -2.44. The highest BCUT2D eigenvalue weighted by Gasteiger charge is 2.21. The van der Waals surface area contributed by atoms with E-state index in [-0.39, 0.29) is 0 Å².